The number of nitrogens with one attached hydrogen (secondary N) is 1. The standard InChI is InChI=1S/C12H25NO2S/c1-5-10(3)9-16-8-7-11(13-6-2)12(14)15-4/h10-11,13H,5-9H2,1-4H3. The molecule has 0 spiro atoms. The molecule has 0 radical (unpaired) electrons. The summed E-state index contributed by atoms with van der Waals surface area (Å²) in [6.45, 7) is 7.27. The minimum absolute atomic E-state index is 0.139. The highest BCUT2D eigenvalue weighted by Gasteiger charge is 2.17. The molecule has 0 aliphatic rings. The van der Waals surface area contributed by atoms with E-state index in [1.807, 2.05) is 18.7 Å². The predicted octanol–water partition coefficient (Wildman–Crippen LogP) is 2.31. The molecule has 0 aromatic rings. The van der Waals surface area contributed by atoms with Crippen LogP contribution in [-0.2, 0) is 9.53 Å². The van der Waals surface area contributed by atoms with Crippen LogP contribution in [-0.4, -0.2) is 37.2 Å². The quantitative estimate of drug-likeness (QED) is 0.501. The van der Waals surface area contributed by atoms with Crippen molar-refractivity contribution >= 4 is 17.7 Å². The van der Waals surface area contributed by atoms with Crippen molar-refractivity contribution in [2.24, 2.45) is 5.92 Å². The maximum absolute atomic E-state index is 11.4. The van der Waals surface area contributed by atoms with E-state index >= 15 is 0 Å². The maximum Gasteiger partial charge on any atom is 0.322 e. The molecular formula is C12H25NO2S. The average molecular weight is 247 g/mol. The number of carbonyl (C=O) groups excluding carboxylic acids is 1. The van der Waals surface area contributed by atoms with Gasteiger partial charge in [0.1, 0.15) is 6.04 Å². The lowest BCUT2D eigenvalue weighted by molar-refractivity contribution is -0.143. The molecule has 0 aromatic heterocycles. The van der Waals surface area contributed by atoms with Crippen molar-refractivity contribution in [1.82, 2.24) is 5.32 Å². The van der Waals surface area contributed by atoms with Crippen LogP contribution in [0.25, 0.3) is 0 Å². The van der Waals surface area contributed by atoms with Crippen LogP contribution < -0.4 is 5.32 Å². The fourth-order valence-electron chi connectivity index (χ4n) is 1.30. The third-order valence-corrected chi connectivity index (χ3v) is 3.92. The van der Waals surface area contributed by atoms with Gasteiger partial charge in [0.05, 0.1) is 7.11 Å². The fraction of sp³-hybridized carbons (Fsp3) is 0.917. The SMILES string of the molecule is CCNC(CCSCC(C)CC)C(=O)OC. The third kappa shape index (κ3) is 7.12. The summed E-state index contributed by atoms with van der Waals surface area (Å²) in [6, 6.07) is -0.139. The Bertz CT molecular complexity index is 188. The molecule has 0 aliphatic carbocycles. The molecule has 0 saturated carbocycles. The number of hydrogen-bond donors (Lipinski definition) is 1. The summed E-state index contributed by atoms with van der Waals surface area (Å²) in [5.41, 5.74) is 0. The van der Waals surface area contributed by atoms with E-state index < -0.39 is 0 Å². The number of esters is 1. The minimum Gasteiger partial charge on any atom is -0.468 e. The second-order valence-corrected chi connectivity index (χ2v) is 5.16. The molecule has 3 nitrogen and oxygen atoms in total. The van der Waals surface area contributed by atoms with Crippen molar-refractivity contribution in [2.45, 2.75) is 39.7 Å². The Kier molecular flexibility index (Phi) is 9.83. The van der Waals surface area contributed by atoms with Gasteiger partial charge in [0.2, 0.25) is 0 Å². The van der Waals surface area contributed by atoms with Crippen molar-refractivity contribution in [1.29, 1.82) is 0 Å². The van der Waals surface area contributed by atoms with Crippen LogP contribution in [0.1, 0.15) is 33.6 Å². The topological polar surface area (TPSA) is 38.3 Å². The number of methoxy groups -OCH3 is 1. The Labute approximate surface area is 104 Å². The van der Waals surface area contributed by atoms with Gasteiger partial charge < -0.3 is 10.1 Å². The summed E-state index contributed by atoms with van der Waals surface area (Å²) < 4.78 is 4.75. The third-order valence-electron chi connectivity index (χ3n) is 2.59. The first-order chi connectivity index (χ1) is 7.65. The van der Waals surface area contributed by atoms with Gasteiger partial charge in [-0.25, -0.2) is 0 Å². The van der Waals surface area contributed by atoms with Crippen LogP contribution >= 0.6 is 11.8 Å². The van der Waals surface area contributed by atoms with Gasteiger partial charge in [-0.15, -0.1) is 0 Å². The molecule has 0 fully saturated rings. The Hall–Kier alpha value is -0.220. The van der Waals surface area contributed by atoms with Crippen molar-refractivity contribution < 1.29 is 9.53 Å². The van der Waals surface area contributed by atoms with Crippen molar-refractivity contribution in [3.05, 3.63) is 0 Å². The van der Waals surface area contributed by atoms with Gasteiger partial charge >= 0.3 is 5.97 Å². The number of rotatable bonds is 9. The van der Waals surface area contributed by atoms with Crippen molar-refractivity contribution in [3.8, 4) is 0 Å². The van der Waals surface area contributed by atoms with E-state index in [1.54, 1.807) is 0 Å². The predicted molar refractivity (Wildman–Crippen MR) is 70.9 cm³/mol. The molecule has 0 heterocycles. The van der Waals surface area contributed by atoms with Gasteiger partial charge in [0.15, 0.2) is 0 Å². The summed E-state index contributed by atoms with van der Waals surface area (Å²) in [4.78, 5) is 11.4. The number of thioether (sulfide) groups is 1. The van der Waals surface area contributed by atoms with E-state index in [0.29, 0.717) is 0 Å². The molecule has 0 aromatic carbocycles. The number of likely N-dealkylation sites (N-methyl/N-ethyl adjacent to an activating group) is 1. The van der Waals surface area contributed by atoms with E-state index in [4.69, 9.17) is 4.74 Å². The lowest BCUT2D eigenvalue weighted by atomic mass is 10.2. The number of hydrogen-bond acceptors (Lipinski definition) is 4. The normalized spacial score (nSPS) is 14.5. The Morgan fingerprint density at radius 2 is 2.12 bits per heavy atom. The summed E-state index contributed by atoms with van der Waals surface area (Å²) >= 11 is 1.92. The number of ether oxygens (including phenoxy) is 1. The van der Waals surface area contributed by atoms with E-state index in [-0.39, 0.29) is 12.0 Å². The molecule has 0 bridgehead atoms. The first-order valence-corrected chi connectivity index (χ1v) is 7.20. The van der Waals surface area contributed by atoms with Gasteiger partial charge in [0, 0.05) is 0 Å². The molecular weight excluding hydrogens is 222 g/mol. The number of carbonyl (C=O) groups is 1. The summed E-state index contributed by atoms with van der Waals surface area (Å²) in [5.74, 6) is 2.81. The van der Waals surface area contributed by atoms with E-state index in [9.17, 15) is 4.79 Å². The van der Waals surface area contributed by atoms with Crippen LogP contribution in [0.2, 0.25) is 0 Å². The van der Waals surface area contributed by atoms with Crippen molar-refractivity contribution in [3.63, 3.8) is 0 Å². The van der Waals surface area contributed by atoms with Crippen LogP contribution in [0.15, 0.2) is 0 Å². The molecule has 16 heavy (non-hydrogen) atoms. The molecule has 0 rings (SSSR count). The molecule has 96 valence electrons. The summed E-state index contributed by atoms with van der Waals surface area (Å²) in [7, 11) is 1.44. The molecule has 0 amide bonds. The summed E-state index contributed by atoms with van der Waals surface area (Å²) in [6.07, 6.45) is 2.07. The van der Waals surface area contributed by atoms with Crippen LogP contribution in [0.5, 0.6) is 0 Å². The van der Waals surface area contributed by atoms with Crippen LogP contribution in [0, 0.1) is 5.92 Å². The smallest absolute Gasteiger partial charge is 0.322 e. The monoisotopic (exact) mass is 247 g/mol. The van der Waals surface area contributed by atoms with E-state index in [2.05, 4.69) is 19.2 Å². The van der Waals surface area contributed by atoms with Gasteiger partial charge in [-0.1, -0.05) is 27.2 Å². The van der Waals surface area contributed by atoms with E-state index in [0.717, 1.165) is 24.6 Å². The second kappa shape index (κ2) is 9.97. The first kappa shape index (κ1) is 15.8. The lowest BCUT2D eigenvalue weighted by Gasteiger charge is -2.15. The average Bonchev–Trinajstić information content (AvgIpc) is 2.31. The zero-order valence-corrected chi connectivity index (χ0v) is 11.7. The zero-order chi connectivity index (χ0) is 12.4. The van der Waals surface area contributed by atoms with Crippen molar-refractivity contribution in [2.75, 3.05) is 25.2 Å². The minimum atomic E-state index is -0.147. The van der Waals surface area contributed by atoms with Gasteiger partial charge in [0.25, 0.3) is 0 Å². The van der Waals surface area contributed by atoms with Crippen LogP contribution in [0.3, 0.4) is 0 Å². The zero-order valence-electron chi connectivity index (χ0n) is 10.9. The van der Waals surface area contributed by atoms with Gasteiger partial charge in [-0.05, 0) is 30.4 Å². The molecule has 2 unspecified atom stereocenters. The van der Waals surface area contributed by atoms with E-state index in [1.165, 1.54) is 19.3 Å². The Morgan fingerprint density at radius 1 is 1.44 bits per heavy atom. The van der Waals surface area contributed by atoms with Crippen LogP contribution in [0.4, 0.5) is 0 Å². The molecule has 4 heteroatoms. The first-order valence-electron chi connectivity index (χ1n) is 6.04. The molecule has 0 aliphatic heterocycles. The Balaban J connectivity index is 3.72. The molecule has 0 saturated heterocycles. The highest BCUT2D eigenvalue weighted by Crippen LogP contribution is 2.13. The fourth-order valence-corrected chi connectivity index (χ4v) is 2.50. The molecule has 2 atom stereocenters. The highest BCUT2D eigenvalue weighted by molar-refractivity contribution is 7.99. The molecule has 1 N–H and O–H groups in total. The Morgan fingerprint density at radius 3 is 2.62 bits per heavy atom. The second-order valence-electron chi connectivity index (χ2n) is 4.01. The maximum atomic E-state index is 11.4. The summed E-state index contributed by atoms with van der Waals surface area (Å²) in [5, 5.41) is 3.15. The lowest BCUT2D eigenvalue weighted by Crippen LogP contribution is -2.37. The van der Waals surface area contributed by atoms with Gasteiger partial charge in [-0.3, -0.25) is 4.79 Å². The largest absolute Gasteiger partial charge is 0.468 e. The van der Waals surface area contributed by atoms with Gasteiger partial charge in [-0.2, -0.15) is 11.8 Å². The highest BCUT2D eigenvalue weighted by atomic mass is 32.2.